The molecule has 1 fully saturated rings. The van der Waals surface area contributed by atoms with Gasteiger partial charge in [-0.15, -0.1) is 0 Å². The molecule has 0 saturated carbocycles. The van der Waals surface area contributed by atoms with Gasteiger partial charge in [0.15, 0.2) is 0 Å². The number of likely N-dealkylation sites (tertiary alicyclic amines) is 1. The van der Waals surface area contributed by atoms with Crippen molar-refractivity contribution in [3.63, 3.8) is 0 Å². The summed E-state index contributed by atoms with van der Waals surface area (Å²) in [6.45, 7) is 9.13. The average Bonchev–Trinajstić information content (AvgIpc) is 3.26. The summed E-state index contributed by atoms with van der Waals surface area (Å²) in [5.41, 5.74) is 1.24. The highest BCUT2D eigenvalue weighted by Gasteiger charge is 2.24. The molecule has 1 aliphatic heterocycles. The molecule has 0 atom stereocenters. The number of ether oxygens (including phenoxy) is 1. The summed E-state index contributed by atoms with van der Waals surface area (Å²) in [4.78, 5) is 17.5. The largest absolute Gasteiger partial charge is 0.496 e. The number of furan rings is 1. The molecule has 0 radical (unpaired) electrons. The number of hydrogen-bond donors (Lipinski definition) is 0. The summed E-state index contributed by atoms with van der Waals surface area (Å²) < 4.78 is 10.9. The normalized spacial score (nSPS) is 15.5. The fourth-order valence-electron chi connectivity index (χ4n) is 4.28. The lowest BCUT2D eigenvalue weighted by molar-refractivity contribution is -0.132. The first kappa shape index (κ1) is 22.4. The maximum absolute atomic E-state index is 12.9. The van der Waals surface area contributed by atoms with Crippen molar-refractivity contribution in [3.8, 4) is 5.75 Å². The minimum Gasteiger partial charge on any atom is -0.496 e. The van der Waals surface area contributed by atoms with Gasteiger partial charge in [0, 0.05) is 38.0 Å². The van der Waals surface area contributed by atoms with Crippen LogP contribution in [0.4, 0.5) is 0 Å². The Kier molecular flexibility index (Phi) is 8.38. The van der Waals surface area contributed by atoms with Gasteiger partial charge in [-0.2, -0.15) is 0 Å². The minimum absolute atomic E-state index is 0.247. The molecule has 1 aromatic heterocycles. The third kappa shape index (κ3) is 6.63. The Balaban J connectivity index is 1.49. The van der Waals surface area contributed by atoms with Gasteiger partial charge >= 0.3 is 0 Å². The maximum atomic E-state index is 12.9. The second-order valence-corrected chi connectivity index (χ2v) is 8.80. The number of para-hydroxylation sites is 1. The van der Waals surface area contributed by atoms with E-state index in [0.29, 0.717) is 24.7 Å². The number of carbonyl (C=O) groups is 1. The topological polar surface area (TPSA) is 45.9 Å². The van der Waals surface area contributed by atoms with Crippen LogP contribution in [0.5, 0.6) is 5.75 Å². The van der Waals surface area contributed by atoms with Gasteiger partial charge in [0.05, 0.1) is 13.4 Å². The third-order valence-corrected chi connectivity index (χ3v) is 5.88. The van der Waals surface area contributed by atoms with Crippen LogP contribution >= 0.6 is 0 Å². The van der Waals surface area contributed by atoms with Gasteiger partial charge in [0.25, 0.3) is 0 Å². The van der Waals surface area contributed by atoms with Gasteiger partial charge in [-0.05, 0) is 56.0 Å². The van der Waals surface area contributed by atoms with Crippen molar-refractivity contribution >= 4 is 5.91 Å². The molecule has 3 rings (SSSR count). The van der Waals surface area contributed by atoms with Crippen molar-refractivity contribution in [1.82, 2.24) is 9.80 Å². The van der Waals surface area contributed by atoms with E-state index in [1.807, 2.05) is 24.3 Å². The average molecular weight is 413 g/mol. The molecule has 164 valence electrons. The summed E-state index contributed by atoms with van der Waals surface area (Å²) in [6.07, 6.45) is 5.14. The van der Waals surface area contributed by atoms with E-state index in [1.54, 1.807) is 13.4 Å². The molecule has 5 nitrogen and oxygen atoms in total. The van der Waals surface area contributed by atoms with E-state index in [1.165, 1.54) is 5.56 Å². The van der Waals surface area contributed by atoms with Crippen molar-refractivity contribution in [2.24, 2.45) is 11.8 Å². The van der Waals surface area contributed by atoms with Gasteiger partial charge < -0.3 is 14.1 Å². The van der Waals surface area contributed by atoms with E-state index >= 15 is 0 Å². The second-order valence-electron chi connectivity index (χ2n) is 8.80. The molecular formula is C25H36N2O3. The molecular weight excluding hydrogens is 376 g/mol. The Hall–Kier alpha value is -2.27. The van der Waals surface area contributed by atoms with Gasteiger partial charge in [0.1, 0.15) is 11.5 Å². The smallest absolute Gasteiger partial charge is 0.223 e. The van der Waals surface area contributed by atoms with Crippen LogP contribution in [-0.2, 0) is 17.8 Å². The quantitative estimate of drug-likeness (QED) is 0.571. The second kappa shape index (κ2) is 11.2. The number of aryl methyl sites for hydroxylation is 1. The lowest BCUT2D eigenvalue weighted by Crippen LogP contribution is -2.42. The molecule has 0 spiro atoms. The van der Waals surface area contributed by atoms with Crippen LogP contribution in [0.2, 0.25) is 0 Å². The standard InChI is InChI=1S/C25H36N2O3/c1-20(2)17-27(25(28)11-10-23-8-6-16-30-23)18-21-12-14-26(15-13-21)19-22-7-4-5-9-24(22)29-3/h4-9,16,20-21H,10-15,17-19H2,1-3H3. The molecule has 0 aliphatic carbocycles. The highest BCUT2D eigenvalue weighted by Crippen LogP contribution is 2.24. The molecule has 1 aliphatic rings. The van der Waals surface area contributed by atoms with Crippen LogP contribution in [0.15, 0.2) is 47.1 Å². The maximum Gasteiger partial charge on any atom is 0.223 e. The Bertz CT molecular complexity index is 764. The van der Waals surface area contributed by atoms with Crippen LogP contribution in [0.1, 0.15) is 44.4 Å². The monoisotopic (exact) mass is 412 g/mol. The van der Waals surface area contributed by atoms with Crippen molar-refractivity contribution in [3.05, 3.63) is 54.0 Å². The van der Waals surface area contributed by atoms with Crippen LogP contribution in [-0.4, -0.2) is 49.0 Å². The predicted octanol–water partition coefficient (Wildman–Crippen LogP) is 4.62. The number of carbonyl (C=O) groups excluding carboxylic acids is 1. The van der Waals surface area contributed by atoms with E-state index in [4.69, 9.17) is 9.15 Å². The Labute approximate surface area is 181 Å². The highest BCUT2D eigenvalue weighted by atomic mass is 16.5. The summed E-state index contributed by atoms with van der Waals surface area (Å²) in [5, 5.41) is 0. The fraction of sp³-hybridized carbons (Fsp3) is 0.560. The first-order chi connectivity index (χ1) is 14.5. The number of methoxy groups -OCH3 is 1. The lowest BCUT2D eigenvalue weighted by Gasteiger charge is -2.35. The number of nitrogens with zero attached hydrogens (tertiary/aromatic N) is 2. The van der Waals surface area contributed by atoms with Crippen LogP contribution in [0.25, 0.3) is 0 Å². The van der Waals surface area contributed by atoms with Crippen molar-refractivity contribution in [1.29, 1.82) is 0 Å². The zero-order valence-electron chi connectivity index (χ0n) is 18.7. The van der Waals surface area contributed by atoms with Crippen LogP contribution < -0.4 is 4.74 Å². The number of amides is 1. The van der Waals surface area contributed by atoms with Gasteiger partial charge in [0.2, 0.25) is 5.91 Å². The summed E-state index contributed by atoms with van der Waals surface area (Å²) >= 11 is 0. The van der Waals surface area contributed by atoms with E-state index in [-0.39, 0.29) is 5.91 Å². The molecule has 30 heavy (non-hydrogen) atoms. The zero-order valence-corrected chi connectivity index (χ0v) is 18.7. The number of piperidine rings is 1. The summed E-state index contributed by atoms with van der Waals surface area (Å²) in [5.74, 6) is 3.15. The van der Waals surface area contributed by atoms with Crippen molar-refractivity contribution in [2.45, 2.75) is 46.1 Å². The number of hydrogen-bond acceptors (Lipinski definition) is 4. The van der Waals surface area contributed by atoms with Crippen molar-refractivity contribution < 1.29 is 13.9 Å². The fourth-order valence-corrected chi connectivity index (χ4v) is 4.28. The first-order valence-corrected chi connectivity index (χ1v) is 11.2. The molecule has 0 unspecified atom stereocenters. The third-order valence-electron chi connectivity index (χ3n) is 5.88. The Morgan fingerprint density at radius 2 is 1.97 bits per heavy atom. The van der Waals surface area contributed by atoms with Crippen molar-refractivity contribution in [2.75, 3.05) is 33.3 Å². The Morgan fingerprint density at radius 1 is 1.20 bits per heavy atom. The number of benzene rings is 1. The van der Waals surface area contributed by atoms with Gasteiger partial charge in [-0.3, -0.25) is 9.69 Å². The highest BCUT2D eigenvalue weighted by molar-refractivity contribution is 5.76. The van der Waals surface area contributed by atoms with E-state index < -0.39 is 0 Å². The molecule has 1 aromatic carbocycles. The van der Waals surface area contributed by atoms with Crippen LogP contribution in [0, 0.1) is 11.8 Å². The van der Waals surface area contributed by atoms with Gasteiger partial charge in [-0.25, -0.2) is 0 Å². The SMILES string of the molecule is COc1ccccc1CN1CCC(CN(CC(C)C)C(=O)CCc2ccco2)CC1. The van der Waals surface area contributed by atoms with E-state index in [9.17, 15) is 4.79 Å². The number of rotatable bonds is 10. The van der Waals surface area contributed by atoms with E-state index in [0.717, 1.165) is 57.1 Å². The summed E-state index contributed by atoms with van der Waals surface area (Å²) in [6, 6.07) is 12.1. The molecule has 2 heterocycles. The lowest BCUT2D eigenvalue weighted by atomic mass is 9.95. The predicted molar refractivity (Wildman–Crippen MR) is 119 cm³/mol. The summed E-state index contributed by atoms with van der Waals surface area (Å²) in [7, 11) is 1.73. The molecule has 0 bridgehead atoms. The molecule has 1 amide bonds. The zero-order chi connectivity index (χ0) is 21.3. The minimum atomic E-state index is 0.247. The molecule has 2 aromatic rings. The molecule has 5 heteroatoms. The van der Waals surface area contributed by atoms with Crippen LogP contribution in [0.3, 0.4) is 0 Å². The first-order valence-electron chi connectivity index (χ1n) is 11.2. The van der Waals surface area contributed by atoms with Gasteiger partial charge in [-0.1, -0.05) is 32.0 Å². The Morgan fingerprint density at radius 3 is 2.63 bits per heavy atom. The molecule has 1 saturated heterocycles. The molecule has 0 N–H and O–H groups in total. The van der Waals surface area contributed by atoms with E-state index in [2.05, 4.69) is 35.8 Å².